The highest BCUT2D eigenvalue weighted by Crippen LogP contribution is 2.23. The van der Waals surface area contributed by atoms with Crippen molar-refractivity contribution in [2.75, 3.05) is 42.7 Å². The smallest absolute Gasteiger partial charge is 0.377 e. The van der Waals surface area contributed by atoms with Gasteiger partial charge in [0.25, 0.3) is 0 Å². The van der Waals surface area contributed by atoms with E-state index in [1.807, 2.05) is 0 Å². The van der Waals surface area contributed by atoms with Gasteiger partial charge in [-0.05, 0) is 0 Å². The molecule has 0 bridgehead atoms. The van der Waals surface area contributed by atoms with Crippen LogP contribution < -0.4 is 0 Å². The molecule has 0 unspecified atom stereocenters. The van der Waals surface area contributed by atoms with Gasteiger partial charge in [-0.15, -0.1) is 0 Å². The summed E-state index contributed by atoms with van der Waals surface area (Å²) in [5, 5.41) is 0. The van der Waals surface area contributed by atoms with Crippen molar-refractivity contribution in [1.29, 1.82) is 0 Å². The van der Waals surface area contributed by atoms with Crippen LogP contribution in [0.2, 0.25) is 5.67 Å². The second-order valence-electron chi connectivity index (χ2n) is 2.77. The monoisotopic (exact) mass is 288 g/mol. The second kappa shape index (κ2) is 10.1. The molecule has 0 aromatic rings. The molecule has 0 aliphatic rings. The molecule has 0 aliphatic carbocycles. The molecule has 6 nitrogen and oxygen atoms in total. The lowest BCUT2D eigenvalue weighted by Crippen LogP contribution is -2.56. The van der Waals surface area contributed by atoms with Gasteiger partial charge in [0.2, 0.25) is 0 Å². The van der Waals surface area contributed by atoms with E-state index in [4.69, 9.17) is 26.6 Å². The van der Waals surface area contributed by atoms with E-state index in [0.29, 0.717) is 5.67 Å². The standard InChI is InChI=1S/C7H20O6Si2.2CH4/c1-8-14(9-2,10-3)7-15(11-4,12-5)13-6;;/h7H2,1-6H3;2*1H4. The molecule has 0 aromatic heterocycles. The minimum Gasteiger partial charge on any atom is -0.377 e. The van der Waals surface area contributed by atoms with E-state index in [0.717, 1.165) is 0 Å². The topological polar surface area (TPSA) is 55.4 Å². The fourth-order valence-corrected chi connectivity index (χ4v) is 7.78. The molecule has 0 amide bonds. The summed E-state index contributed by atoms with van der Waals surface area (Å²) in [5.74, 6) is 0. The Balaban J connectivity index is -0.000000980. The van der Waals surface area contributed by atoms with E-state index >= 15 is 0 Å². The number of rotatable bonds is 8. The first-order valence-electron chi connectivity index (χ1n) is 4.38. The van der Waals surface area contributed by atoms with E-state index in [9.17, 15) is 0 Å². The Labute approximate surface area is 108 Å². The van der Waals surface area contributed by atoms with Crippen molar-refractivity contribution in [3.63, 3.8) is 0 Å². The second-order valence-corrected chi connectivity index (χ2v) is 9.36. The normalized spacial score (nSPS) is 11.6. The molecule has 0 aliphatic heterocycles. The molecule has 8 heteroatoms. The van der Waals surface area contributed by atoms with E-state index in [2.05, 4.69) is 0 Å². The van der Waals surface area contributed by atoms with Crippen LogP contribution in [0.5, 0.6) is 0 Å². The largest absolute Gasteiger partial charge is 0.504 e. The third kappa shape index (κ3) is 5.57. The maximum Gasteiger partial charge on any atom is 0.504 e. The first-order chi connectivity index (χ1) is 7.07. The van der Waals surface area contributed by atoms with Gasteiger partial charge < -0.3 is 26.6 Å². The molecule has 17 heavy (non-hydrogen) atoms. The molecule has 0 rings (SSSR count). The predicted molar refractivity (Wildman–Crippen MR) is 71.8 cm³/mol. The Bertz CT molecular complexity index is 138. The van der Waals surface area contributed by atoms with Crippen LogP contribution in [0.15, 0.2) is 0 Å². The van der Waals surface area contributed by atoms with Crippen molar-refractivity contribution in [3.8, 4) is 0 Å². The van der Waals surface area contributed by atoms with Crippen molar-refractivity contribution in [2.45, 2.75) is 20.5 Å². The van der Waals surface area contributed by atoms with Crippen LogP contribution in [-0.2, 0) is 26.6 Å². The molecular weight excluding hydrogens is 260 g/mol. The fraction of sp³-hybridized carbons (Fsp3) is 1.00. The van der Waals surface area contributed by atoms with Gasteiger partial charge in [0.1, 0.15) is 0 Å². The molecule has 108 valence electrons. The van der Waals surface area contributed by atoms with Gasteiger partial charge in [0, 0.05) is 42.7 Å². The molecule has 0 saturated heterocycles. The molecule has 0 spiro atoms. The first kappa shape index (κ1) is 22.4. The predicted octanol–water partition coefficient (Wildman–Crippen LogP) is 1.55. The van der Waals surface area contributed by atoms with Gasteiger partial charge in [0.15, 0.2) is 0 Å². The zero-order valence-corrected chi connectivity index (χ0v) is 12.2. The van der Waals surface area contributed by atoms with Crippen LogP contribution in [0, 0.1) is 0 Å². The Morgan fingerprint density at radius 1 is 0.529 bits per heavy atom. The van der Waals surface area contributed by atoms with Crippen LogP contribution in [0.25, 0.3) is 0 Å². The lowest BCUT2D eigenvalue weighted by Gasteiger charge is -2.31. The van der Waals surface area contributed by atoms with Gasteiger partial charge in [-0.3, -0.25) is 0 Å². The Morgan fingerprint density at radius 3 is 0.824 bits per heavy atom. The summed E-state index contributed by atoms with van der Waals surface area (Å²) in [6, 6.07) is 0. The molecule has 0 aromatic carbocycles. The van der Waals surface area contributed by atoms with Crippen molar-refractivity contribution in [3.05, 3.63) is 0 Å². The van der Waals surface area contributed by atoms with Gasteiger partial charge in [-0.25, -0.2) is 0 Å². The zero-order chi connectivity index (χ0) is 11.9. The molecule has 0 fully saturated rings. The van der Waals surface area contributed by atoms with E-state index in [1.54, 1.807) is 42.7 Å². The average molecular weight is 288 g/mol. The Kier molecular flexibility index (Phi) is 13.4. The molecule has 0 heterocycles. The van der Waals surface area contributed by atoms with Crippen LogP contribution >= 0.6 is 0 Å². The maximum atomic E-state index is 5.29. The molecule has 0 saturated carbocycles. The third-order valence-electron chi connectivity index (χ3n) is 2.30. The van der Waals surface area contributed by atoms with Crippen LogP contribution in [-0.4, -0.2) is 60.3 Å². The summed E-state index contributed by atoms with van der Waals surface area (Å²) in [5.41, 5.74) is 0.382. The fourth-order valence-electron chi connectivity index (χ4n) is 1.20. The Hall–Kier alpha value is 0.194. The summed E-state index contributed by atoms with van der Waals surface area (Å²) < 4.78 is 31.7. The van der Waals surface area contributed by atoms with Crippen molar-refractivity contribution < 1.29 is 26.6 Å². The zero-order valence-electron chi connectivity index (χ0n) is 10.2. The molecule has 0 atom stereocenters. The summed E-state index contributed by atoms with van der Waals surface area (Å²) in [7, 11) is 3.79. The first-order valence-corrected chi connectivity index (χ1v) is 8.25. The summed E-state index contributed by atoms with van der Waals surface area (Å²) >= 11 is 0. The van der Waals surface area contributed by atoms with Gasteiger partial charge in [-0.2, -0.15) is 0 Å². The average Bonchev–Trinajstić information content (AvgIpc) is 2.33. The van der Waals surface area contributed by atoms with Gasteiger partial charge >= 0.3 is 17.6 Å². The van der Waals surface area contributed by atoms with Crippen molar-refractivity contribution in [1.82, 2.24) is 0 Å². The van der Waals surface area contributed by atoms with Crippen LogP contribution in [0.4, 0.5) is 0 Å². The number of hydrogen-bond acceptors (Lipinski definition) is 6. The molecular formula is C9H28O6Si2. The quantitative estimate of drug-likeness (QED) is 0.632. The summed E-state index contributed by atoms with van der Waals surface area (Å²) in [4.78, 5) is 0. The third-order valence-corrected chi connectivity index (χ3v) is 9.50. The van der Waals surface area contributed by atoms with E-state index < -0.39 is 17.6 Å². The minimum atomic E-state index is -2.73. The lowest BCUT2D eigenvalue weighted by atomic mass is 11.8. The number of hydrogen-bond donors (Lipinski definition) is 0. The summed E-state index contributed by atoms with van der Waals surface area (Å²) in [6.45, 7) is 0. The lowest BCUT2D eigenvalue weighted by molar-refractivity contribution is 0.0969. The SMILES string of the molecule is C.C.CO[Si](C[Si](OC)(OC)OC)(OC)OC. The van der Waals surface area contributed by atoms with E-state index in [-0.39, 0.29) is 14.9 Å². The Morgan fingerprint density at radius 2 is 0.706 bits per heavy atom. The van der Waals surface area contributed by atoms with Gasteiger partial charge in [-0.1, -0.05) is 14.9 Å². The van der Waals surface area contributed by atoms with Crippen LogP contribution in [0.1, 0.15) is 14.9 Å². The van der Waals surface area contributed by atoms with Crippen molar-refractivity contribution in [2.24, 2.45) is 0 Å². The van der Waals surface area contributed by atoms with Gasteiger partial charge in [0.05, 0.1) is 5.67 Å². The van der Waals surface area contributed by atoms with E-state index in [1.165, 1.54) is 0 Å². The maximum absolute atomic E-state index is 5.29. The molecule has 0 radical (unpaired) electrons. The highest BCUT2D eigenvalue weighted by Gasteiger charge is 2.53. The summed E-state index contributed by atoms with van der Waals surface area (Å²) in [6.07, 6.45) is 0. The van der Waals surface area contributed by atoms with Crippen LogP contribution in [0.3, 0.4) is 0 Å². The molecule has 0 N–H and O–H groups in total. The highest BCUT2D eigenvalue weighted by molar-refractivity contribution is 6.79. The highest BCUT2D eigenvalue weighted by atomic mass is 28.5. The van der Waals surface area contributed by atoms with Crippen molar-refractivity contribution >= 4 is 17.6 Å². The minimum absolute atomic E-state index is 0.